The van der Waals surface area contributed by atoms with Gasteiger partial charge in [-0.1, -0.05) is 0 Å². The van der Waals surface area contributed by atoms with Crippen LogP contribution in [0.25, 0.3) is 0 Å². The smallest absolute Gasteiger partial charge is 0.355 e. The highest BCUT2D eigenvalue weighted by Gasteiger charge is 2.19. The van der Waals surface area contributed by atoms with Gasteiger partial charge in [0.05, 0.1) is 0 Å². The molecule has 0 aliphatic rings. The lowest BCUT2D eigenvalue weighted by Crippen LogP contribution is -2.11. The molecule has 0 unspecified atom stereocenters. The molecule has 0 aliphatic carbocycles. The van der Waals surface area contributed by atoms with Gasteiger partial charge in [0.1, 0.15) is 5.56 Å². The molecular weight excluding hydrogens is 194 g/mol. The van der Waals surface area contributed by atoms with Gasteiger partial charge in [0.25, 0.3) is 0 Å². The SMILES string of the molecule is O=C(O)c1nccc(S)c1C(=O)O. The maximum atomic E-state index is 10.6. The molecule has 1 aromatic rings. The predicted octanol–water partition coefficient (Wildman–Crippen LogP) is 0.767. The number of carbonyl (C=O) groups is 2. The minimum Gasteiger partial charge on any atom is -0.478 e. The first-order valence-corrected chi connectivity index (χ1v) is 3.63. The predicted molar refractivity (Wildman–Crippen MR) is 45.4 cm³/mol. The molecule has 13 heavy (non-hydrogen) atoms. The number of carboxylic acids is 2. The van der Waals surface area contributed by atoms with E-state index < -0.39 is 23.2 Å². The zero-order valence-electron chi connectivity index (χ0n) is 6.26. The van der Waals surface area contributed by atoms with Crippen molar-refractivity contribution in [2.45, 2.75) is 4.90 Å². The van der Waals surface area contributed by atoms with E-state index in [1.807, 2.05) is 0 Å². The molecule has 0 atom stereocenters. The topological polar surface area (TPSA) is 87.5 Å². The number of thiol groups is 1. The molecule has 0 aliphatic heterocycles. The van der Waals surface area contributed by atoms with Crippen LogP contribution >= 0.6 is 12.6 Å². The number of hydrogen-bond acceptors (Lipinski definition) is 4. The molecule has 2 N–H and O–H groups in total. The van der Waals surface area contributed by atoms with Crippen LogP contribution in [0.5, 0.6) is 0 Å². The van der Waals surface area contributed by atoms with Crippen LogP contribution < -0.4 is 0 Å². The fourth-order valence-corrected chi connectivity index (χ4v) is 1.09. The molecule has 1 aromatic heterocycles. The maximum absolute atomic E-state index is 10.6. The average molecular weight is 199 g/mol. The summed E-state index contributed by atoms with van der Waals surface area (Å²) in [5, 5.41) is 17.2. The first-order chi connectivity index (χ1) is 6.04. The number of hydrogen-bond donors (Lipinski definition) is 3. The largest absolute Gasteiger partial charge is 0.478 e. The Morgan fingerprint density at radius 3 is 2.31 bits per heavy atom. The van der Waals surface area contributed by atoms with Gasteiger partial charge in [-0.3, -0.25) is 0 Å². The van der Waals surface area contributed by atoms with Gasteiger partial charge in [0.2, 0.25) is 0 Å². The third-order valence-electron chi connectivity index (χ3n) is 1.35. The van der Waals surface area contributed by atoms with Crippen LogP contribution in [0.15, 0.2) is 17.2 Å². The van der Waals surface area contributed by atoms with E-state index in [0.717, 1.165) is 0 Å². The molecule has 6 heteroatoms. The lowest BCUT2D eigenvalue weighted by Gasteiger charge is -2.01. The summed E-state index contributed by atoms with van der Waals surface area (Å²) in [6.45, 7) is 0. The second-order valence-corrected chi connectivity index (χ2v) is 2.65. The fourth-order valence-electron chi connectivity index (χ4n) is 0.825. The van der Waals surface area contributed by atoms with Crippen molar-refractivity contribution in [3.05, 3.63) is 23.5 Å². The van der Waals surface area contributed by atoms with E-state index in [4.69, 9.17) is 10.2 Å². The molecule has 0 spiro atoms. The molecule has 1 heterocycles. The van der Waals surface area contributed by atoms with E-state index in [1.54, 1.807) is 0 Å². The third kappa shape index (κ3) is 1.78. The number of pyridine rings is 1. The second-order valence-electron chi connectivity index (χ2n) is 2.16. The van der Waals surface area contributed by atoms with Gasteiger partial charge >= 0.3 is 11.9 Å². The summed E-state index contributed by atoms with van der Waals surface area (Å²) in [6.07, 6.45) is 1.19. The zero-order chi connectivity index (χ0) is 10.0. The van der Waals surface area contributed by atoms with Crippen LogP contribution in [-0.2, 0) is 0 Å². The standard InChI is InChI=1S/C7H5NO4S/c9-6(10)4-3(13)1-2-8-5(4)7(11)12/h1-2H,(H,8,13)(H,9,10)(H,11,12). The Bertz CT molecular complexity index is 377. The lowest BCUT2D eigenvalue weighted by atomic mass is 10.2. The van der Waals surface area contributed by atoms with Crippen LogP contribution in [0.2, 0.25) is 0 Å². The van der Waals surface area contributed by atoms with E-state index in [1.165, 1.54) is 12.3 Å². The van der Waals surface area contributed by atoms with Crippen LogP contribution in [0.4, 0.5) is 0 Å². The highest BCUT2D eigenvalue weighted by molar-refractivity contribution is 7.80. The number of rotatable bonds is 2. The van der Waals surface area contributed by atoms with Crippen molar-refractivity contribution in [3.8, 4) is 0 Å². The average Bonchev–Trinajstić information content (AvgIpc) is 2.02. The summed E-state index contributed by atoms with van der Waals surface area (Å²) in [7, 11) is 0. The fraction of sp³-hybridized carbons (Fsp3) is 0. The van der Waals surface area contributed by atoms with Gasteiger partial charge in [-0.25, -0.2) is 14.6 Å². The number of aromatic carboxylic acids is 2. The molecular formula is C7H5NO4S. The monoisotopic (exact) mass is 199 g/mol. The summed E-state index contributed by atoms with van der Waals surface area (Å²) in [6, 6.07) is 1.32. The Labute approximate surface area is 78.4 Å². The minimum atomic E-state index is -1.38. The van der Waals surface area contributed by atoms with E-state index in [0.29, 0.717) is 0 Å². The maximum Gasteiger partial charge on any atom is 0.355 e. The Morgan fingerprint density at radius 2 is 1.92 bits per heavy atom. The first-order valence-electron chi connectivity index (χ1n) is 3.18. The van der Waals surface area contributed by atoms with Crippen LogP contribution in [-0.4, -0.2) is 27.1 Å². The van der Waals surface area contributed by atoms with Gasteiger partial charge in [-0.2, -0.15) is 0 Å². The summed E-state index contributed by atoms with van der Waals surface area (Å²) < 4.78 is 0. The Kier molecular flexibility index (Phi) is 2.52. The van der Waals surface area contributed by atoms with Gasteiger partial charge < -0.3 is 10.2 Å². The highest BCUT2D eigenvalue weighted by atomic mass is 32.1. The molecule has 0 aromatic carbocycles. The van der Waals surface area contributed by atoms with Crippen LogP contribution in [0, 0.1) is 0 Å². The summed E-state index contributed by atoms with van der Waals surface area (Å²) >= 11 is 3.82. The van der Waals surface area contributed by atoms with Gasteiger partial charge in [0.15, 0.2) is 5.69 Å². The van der Waals surface area contributed by atoms with Crippen molar-refractivity contribution >= 4 is 24.6 Å². The first kappa shape index (κ1) is 9.53. The van der Waals surface area contributed by atoms with Gasteiger partial charge in [0, 0.05) is 11.1 Å². The molecule has 0 bridgehead atoms. The van der Waals surface area contributed by atoms with Crippen LogP contribution in [0.3, 0.4) is 0 Å². The van der Waals surface area contributed by atoms with Gasteiger partial charge in [-0.05, 0) is 6.07 Å². The normalized spacial score (nSPS) is 9.62. The van der Waals surface area contributed by atoms with Crippen molar-refractivity contribution in [1.29, 1.82) is 0 Å². The van der Waals surface area contributed by atoms with E-state index in [-0.39, 0.29) is 4.90 Å². The highest BCUT2D eigenvalue weighted by Crippen LogP contribution is 2.15. The molecule has 5 nitrogen and oxygen atoms in total. The molecule has 0 saturated heterocycles. The van der Waals surface area contributed by atoms with Crippen molar-refractivity contribution in [2.24, 2.45) is 0 Å². The van der Waals surface area contributed by atoms with Crippen molar-refractivity contribution < 1.29 is 19.8 Å². The van der Waals surface area contributed by atoms with E-state index >= 15 is 0 Å². The summed E-state index contributed by atoms with van der Waals surface area (Å²) in [5.41, 5.74) is -0.890. The molecule has 0 radical (unpaired) electrons. The summed E-state index contributed by atoms with van der Waals surface area (Å²) in [4.78, 5) is 24.6. The molecule has 0 amide bonds. The van der Waals surface area contributed by atoms with Gasteiger partial charge in [-0.15, -0.1) is 12.6 Å². The van der Waals surface area contributed by atoms with E-state index in [2.05, 4.69) is 17.6 Å². The zero-order valence-corrected chi connectivity index (χ0v) is 7.15. The Hall–Kier alpha value is -1.56. The molecule has 0 saturated carbocycles. The summed E-state index contributed by atoms with van der Waals surface area (Å²) in [5.74, 6) is -2.73. The number of aromatic nitrogens is 1. The molecule has 68 valence electrons. The van der Waals surface area contributed by atoms with Crippen LogP contribution in [0.1, 0.15) is 20.8 Å². The van der Waals surface area contributed by atoms with Crippen molar-refractivity contribution in [1.82, 2.24) is 4.98 Å². The second kappa shape index (κ2) is 3.44. The Morgan fingerprint density at radius 1 is 1.31 bits per heavy atom. The third-order valence-corrected chi connectivity index (χ3v) is 1.72. The van der Waals surface area contributed by atoms with Crippen molar-refractivity contribution in [3.63, 3.8) is 0 Å². The lowest BCUT2D eigenvalue weighted by molar-refractivity contribution is 0.0643. The van der Waals surface area contributed by atoms with Crippen molar-refractivity contribution in [2.75, 3.05) is 0 Å². The Balaban J connectivity index is 3.43. The quantitative estimate of drug-likeness (QED) is 0.612. The molecule has 0 fully saturated rings. The number of nitrogens with zero attached hydrogens (tertiary/aromatic N) is 1. The van der Waals surface area contributed by atoms with E-state index in [9.17, 15) is 9.59 Å². The molecule has 1 rings (SSSR count). The number of carboxylic acid groups (broad SMARTS) is 2. The minimum absolute atomic E-state index is 0.0832.